The summed E-state index contributed by atoms with van der Waals surface area (Å²) in [7, 11) is 0. The molecule has 0 fully saturated rings. The van der Waals surface area contributed by atoms with Crippen molar-refractivity contribution in [1.29, 1.82) is 0 Å². The summed E-state index contributed by atoms with van der Waals surface area (Å²) in [6, 6.07) is 3.94. The molecule has 0 aliphatic rings. The number of aromatic nitrogens is 4. The molecule has 2 aromatic heterocycles. The van der Waals surface area contributed by atoms with Gasteiger partial charge in [0.05, 0.1) is 5.75 Å². The van der Waals surface area contributed by atoms with E-state index in [1.54, 1.807) is 6.20 Å². The van der Waals surface area contributed by atoms with Crippen LogP contribution >= 0.6 is 11.8 Å². The number of aliphatic carboxylic acids is 1. The molecule has 0 aliphatic heterocycles. The summed E-state index contributed by atoms with van der Waals surface area (Å²) in [5.74, 6) is 0.0302. The number of carbonyl (C=O) groups is 1. The van der Waals surface area contributed by atoms with Gasteiger partial charge in [0.2, 0.25) is 0 Å². The molecule has 6 nitrogen and oxygen atoms in total. The molecular formula is C13H16N4O2S. The summed E-state index contributed by atoms with van der Waals surface area (Å²) in [5.41, 5.74) is 1.15. The maximum Gasteiger partial charge on any atom is 0.313 e. The molecule has 2 heterocycles. The van der Waals surface area contributed by atoms with Crippen molar-refractivity contribution in [2.24, 2.45) is 0 Å². The summed E-state index contributed by atoms with van der Waals surface area (Å²) < 4.78 is 1.96. The Bertz CT molecular complexity index is 571. The summed E-state index contributed by atoms with van der Waals surface area (Å²) in [6.45, 7) is 2.74. The number of thioether (sulfide) groups is 1. The van der Waals surface area contributed by atoms with Crippen molar-refractivity contribution < 1.29 is 9.90 Å². The van der Waals surface area contributed by atoms with E-state index in [2.05, 4.69) is 15.2 Å². The van der Waals surface area contributed by atoms with Gasteiger partial charge in [-0.3, -0.25) is 9.78 Å². The Morgan fingerprint density at radius 3 is 2.90 bits per heavy atom. The summed E-state index contributed by atoms with van der Waals surface area (Å²) >= 11 is 1.20. The summed E-state index contributed by atoms with van der Waals surface area (Å²) in [4.78, 5) is 14.7. The van der Waals surface area contributed by atoms with E-state index >= 15 is 0 Å². The monoisotopic (exact) mass is 292 g/mol. The molecule has 0 aromatic carbocycles. The van der Waals surface area contributed by atoms with E-state index < -0.39 is 5.97 Å². The quantitative estimate of drug-likeness (QED) is 0.782. The zero-order chi connectivity index (χ0) is 14.4. The molecular weight excluding hydrogens is 276 g/mol. The van der Waals surface area contributed by atoms with Crippen LogP contribution in [-0.2, 0) is 24.2 Å². The van der Waals surface area contributed by atoms with Gasteiger partial charge in [0, 0.05) is 25.4 Å². The second-order valence-corrected chi connectivity index (χ2v) is 5.13. The van der Waals surface area contributed by atoms with E-state index in [0.717, 1.165) is 30.8 Å². The molecule has 0 unspecified atom stereocenters. The molecule has 0 saturated heterocycles. The SMILES string of the molecule is CCn1c(CCc2cccnc2)nnc1SCC(=O)O. The normalized spacial score (nSPS) is 10.7. The predicted molar refractivity (Wildman–Crippen MR) is 75.7 cm³/mol. The topological polar surface area (TPSA) is 80.9 Å². The van der Waals surface area contributed by atoms with Gasteiger partial charge in [0.25, 0.3) is 0 Å². The van der Waals surface area contributed by atoms with Crippen LogP contribution in [0.4, 0.5) is 0 Å². The lowest BCUT2D eigenvalue weighted by Gasteiger charge is -2.06. The van der Waals surface area contributed by atoms with Gasteiger partial charge in [-0.15, -0.1) is 10.2 Å². The molecule has 20 heavy (non-hydrogen) atoms. The highest BCUT2D eigenvalue weighted by atomic mass is 32.2. The first-order chi connectivity index (χ1) is 9.70. The highest BCUT2D eigenvalue weighted by Gasteiger charge is 2.12. The molecule has 0 saturated carbocycles. The first kappa shape index (κ1) is 14.5. The van der Waals surface area contributed by atoms with Gasteiger partial charge >= 0.3 is 5.97 Å². The Morgan fingerprint density at radius 2 is 2.25 bits per heavy atom. The number of nitrogens with zero attached hydrogens (tertiary/aromatic N) is 4. The minimum absolute atomic E-state index is 0.000733. The van der Waals surface area contributed by atoms with Crippen LogP contribution in [0.3, 0.4) is 0 Å². The highest BCUT2D eigenvalue weighted by Crippen LogP contribution is 2.17. The molecule has 0 atom stereocenters. The number of rotatable bonds is 7. The van der Waals surface area contributed by atoms with Crippen molar-refractivity contribution in [3.63, 3.8) is 0 Å². The number of pyridine rings is 1. The first-order valence-electron chi connectivity index (χ1n) is 6.36. The van der Waals surface area contributed by atoms with E-state index in [0.29, 0.717) is 5.16 Å². The average Bonchev–Trinajstić information content (AvgIpc) is 2.86. The van der Waals surface area contributed by atoms with E-state index in [4.69, 9.17) is 5.11 Å². The van der Waals surface area contributed by atoms with Gasteiger partial charge in [-0.2, -0.15) is 0 Å². The number of carboxylic acid groups (broad SMARTS) is 1. The third kappa shape index (κ3) is 3.80. The zero-order valence-electron chi connectivity index (χ0n) is 11.2. The predicted octanol–water partition coefficient (Wildman–Crippen LogP) is 1.65. The Morgan fingerprint density at radius 1 is 1.40 bits per heavy atom. The zero-order valence-corrected chi connectivity index (χ0v) is 12.0. The van der Waals surface area contributed by atoms with E-state index in [1.807, 2.05) is 29.8 Å². The van der Waals surface area contributed by atoms with Crippen LogP contribution in [0.2, 0.25) is 0 Å². The lowest BCUT2D eigenvalue weighted by atomic mass is 10.1. The van der Waals surface area contributed by atoms with E-state index in [1.165, 1.54) is 11.8 Å². The van der Waals surface area contributed by atoms with Crippen LogP contribution < -0.4 is 0 Å². The molecule has 1 N–H and O–H groups in total. The van der Waals surface area contributed by atoms with Crippen molar-refractivity contribution in [2.45, 2.75) is 31.5 Å². The maximum absolute atomic E-state index is 10.6. The highest BCUT2D eigenvalue weighted by molar-refractivity contribution is 7.99. The third-order valence-corrected chi connectivity index (χ3v) is 3.75. The van der Waals surface area contributed by atoms with Gasteiger partial charge in [-0.1, -0.05) is 17.8 Å². The van der Waals surface area contributed by atoms with E-state index in [9.17, 15) is 4.79 Å². The molecule has 2 aromatic rings. The number of hydrogen-bond donors (Lipinski definition) is 1. The molecule has 0 spiro atoms. The van der Waals surface area contributed by atoms with Gasteiger partial charge in [0.15, 0.2) is 5.16 Å². The molecule has 0 bridgehead atoms. The van der Waals surface area contributed by atoms with Crippen LogP contribution in [0.5, 0.6) is 0 Å². The minimum Gasteiger partial charge on any atom is -0.481 e. The molecule has 7 heteroatoms. The number of hydrogen-bond acceptors (Lipinski definition) is 5. The molecule has 106 valence electrons. The van der Waals surface area contributed by atoms with Crippen molar-refractivity contribution in [3.8, 4) is 0 Å². The minimum atomic E-state index is -0.849. The van der Waals surface area contributed by atoms with Crippen LogP contribution in [0.1, 0.15) is 18.3 Å². The molecule has 0 radical (unpaired) electrons. The lowest BCUT2D eigenvalue weighted by Crippen LogP contribution is -2.06. The average molecular weight is 292 g/mol. The Hall–Kier alpha value is -1.89. The van der Waals surface area contributed by atoms with Crippen molar-refractivity contribution >= 4 is 17.7 Å². The van der Waals surface area contributed by atoms with Gasteiger partial charge in [0.1, 0.15) is 5.82 Å². The Kier molecular flexibility index (Phi) is 5.11. The van der Waals surface area contributed by atoms with Gasteiger partial charge < -0.3 is 9.67 Å². The number of aryl methyl sites for hydroxylation is 2. The molecule has 0 aliphatic carbocycles. The largest absolute Gasteiger partial charge is 0.481 e. The fraction of sp³-hybridized carbons (Fsp3) is 0.385. The third-order valence-electron chi connectivity index (χ3n) is 2.79. The van der Waals surface area contributed by atoms with Crippen molar-refractivity contribution in [3.05, 3.63) is 35.9 Å². The van der Waals surface area contributed by atoms with Gasteiger partial charge in [-0.05, 0) is 25.0 Å². The molecule has 2 rings (SSSR count). The van der Waals surface area contributed by atoms with Crippen LogP contribution in [0.15, 0.2) is 29.7 Å². The fourth-order valence-corrected chi connectivity index (χ4v) is 2.60. The first-order valence-corrected chi connectivity index (χ1v) is 7.34. The summed E-state index contributed by atoms with van der Waals surface area (Å²) in [5, 5.41) is 17.6. The smallest absolute Gasteiger partial charge is 0.313 e. The van der Waals surface area contributed by atoms with Crippen LogP contribution in [-0.4, -0.2) is 36.6 Å². The maximum atomic E-state index is 10.6. The number of carboxylic acids is 1. The molecule has 0 amide bonds. The Balaban J connectivity index is 2.02. The standard InChI is InChI=1S/C13H16N4O2S/c1-2-17-11(6-5-10-4-3-7-14-8-10)15-16-13(17)20-9-12(18)19/h3-4,7-8H,2,5-6,9H2,1H3,(H,18,19). The Labute approximate surface area is 121 Å². The second kappa shape index (κ2) is 7.04. The van der Waals surface area contributed by atoms with Crippen molar-refractivity contribution in [2.75, 3.05) is 5.75 Å². The summed E-state index contributed by atoms with van der Waals surface area (Å²) in [6.07, 6.45) is 5.20. The fourth-order valence-electron chi connectivity index (χ4n) is 1.86. The van der Waals surface area contributed by atoms with Crippen molar-refractivity contribution in [1.82, 2.24) is 19.7 Å². The van der Waals surface area contributed by atoms with Gasteiger partial charge in [-0.25, -0.2) is 0 Å². The van der Waals surface area contributed by atoms with Crippen LogP contribution in [0.25, 0.3) is 0 Å². The van der Waals surface area contributed by atoms with Crippen LogP contribution in [0, 0.1) is 0 Å². The van der Waals surface area contributed by atoms with E-state index in [-0.39, 0.29) is 5.75 Å². The lowest BCUT2D eigenvalue weighted by molar-refractivity contribution is -0.133. The second-order valence-electron chi connectivity index (χ2n) is 4.19.